The number of amides is 1. The van der Waals surface area contributed by atoms with E-state index in [1.807, 2.05) is 11.8 Å². The highest BCUT2D eigenvalue weighted by Crippen LogP contribution is 2.21. The van der Waals surface area contributed by atoms with Gasteiger partial charge in [0, 0.05) is 6.54 Å². The summed E-state index contributed by atoms with van der Waals surface area (Å²) in [6.07, 6.45) is 5.16. The molecule has 5 nitrogen and oxygen atoms in total. The van der Waals surface area contributed by atoms with Crippen LogP contribution in [-0.2, 0) is 0 Å². The Labute approximate surface area is 105 Å². The molecule has 1 aliphatic heterocycles. The van der Waals surface area contributed by atoms with Crippen molar-refractivity contribution in [2.75, 3.05) is 23.8 Å². The average molecular weight is 252 g/mol. The molecule has 2 rings (SSSR count). The fourth-order valence-electron chi connectivity index (χ4n) is 1.73. The van der Waals surface area contributed by atoms with Gasteiger partial charge < -0.3 is 11.1 Å². The van der Waals surface area contributed by atoms with Gasteiger partial charge in [0.05, 0.1) is 12.4 Å². The lowest BCUT2D eigenvalue weighted by molar-refractivity contribution is 0.0941. The Morgan fingerprint density at radius 2 is 2.18 bits per heavy atom. The lowest BCUT2D eigenvalue weighted by Gasteiger charge is -2.21. The Morgan fingerprint density at radius 1 is 1.41 bits per heavy atom. The lowest BCUT2D eigenvalue weighted by Crippen LogP contribution is -2.31. The zero-order valence-electron chi connectivity index (χ0n) is 9.56. The standard InChI is InChI=1S/C11H16N4OS/c12-10-7-13-9(6-14-10)11(16)15-5-8-1-3-17-4-2-8/h6-8H,1-5H2,(H2,12,14)(H,15,16). The molecule has 0 aromatic carbocycles. The number of nitrogen functional groups attached to an aromatic ring is 1. The summed E-state index contributed by atoms with van der Waals surface area (Å²) in [7, 11) is 0. The summed E-state index contributed by atoms with van der Waals surface area (Å²) >= 11 is 1.98. The maximum Gasteiger partial charge on any atom is 0.271 e. The van der Waals surface area contributed by atoms with Crippen LogP contribution in [0.4, 0.5) is 5.82 Å². The van der Waals surface area contributed by atoms with Gasteiger partial charge in [0.15, 0.2) is 0 Å². The lowest BCUT2D eigenvalue weighted by atomic mass is 10.0. The number of aromatic nitrogens is 2. The predicted octanol–water partition coefficient (Wildman–Crippen LogP) is 0.932. The van der Waals surface area contributed by atoms with Gasteiger partial charge in [-0.2, -0.15) is 11.8 Å². The van der Waals surface area contributed by atoms with Crippen LogP contribution >= 0.6 is 11.8 Å². The SMILES string of the molecule is Nc1cnc(C(=O)NCC2CCSCC2)cn1. The summed E-state index contributed by atoms with van der Waals surface area (Å²) in [5, 5.41) is 2.90. The van der Waals surface area contributed by atoms with Gasteiger partial charge in [0.25, 0.3) is 5.91 Å². The molecular formula is C11H16N4OS. The molecule has 0 bridgehead atoms. The van der Waals surface area contributed by atoms with Crippen molar-refractivity contribution in [2.45, 2.75) is 12.8 Å². The zero-order chi connectivity index (χ0) is 12.1. The highest BCUT2D eigenvalue weighted by molar-refractivity contribution is 7.99. The van der Waals surface area contributed by atoms with Gasteiger partial charge in [0.1, 0.15) is 11.5 Å². The van der Waals surface area contributed by atoms with Crippen LogP contribution in [0.5, 0.6) is 0 Å². The molecule has 1 amide bonds. The molecule has 6 heteroatoms. The second-order valence-corrected chi connectivity index (χ2v) is 5.32. The molecule has 1 aromatic rings. The summed E-state index contributed by atoms with van der Waals surface area (Å²) in [5.74, 6) is 3.15. The first kappa shape index (κ1) is 12.2. The molecule has 1 aliphatic rings. The van der Waals surface area contributed by atoms with Crippen molar-refractivity contribution < 1.29 is 4.79 Å². The maximum absolute atomic E-state index is 11.7. The predicted molar refractivity (Wildman–Crippen MR) is 68.8 cm³/mol. The van der Waals surface area contributed by atoms with E-state index in [2.05, 4.69) is 15.3 Å². The highest BCUT2D eigenvalue weighted by atomic mass is 32.2. The normalized spacial score (nSPS) is 16.7. The quantitative estimate of drug-likeness (QED) is 0.836. The molecular weight excluding hydrogens is 236 g/mol. The minimum atomic E-state index is -0.171. The fourth-order valence-corrected chi connectivity index (χ4v) is 2.94. The van der Waals surface area contributed by atoms with Gasteiger partial charge in [0.2, 0.25) is 0 Å². The van der Waals surface area contributed by atoms with Gasteiger partial charge >= 0.3 is 0 Å². The van der Waals surface area contributed by atoms with E-state index in [4.69, 9.17) is 5.73 Å². The summed E-state index contributed by atoms with van der Waals surface area (Å²) in [4.78, 5) is 19.5. The number of nitrogens with zero attached hydrogens (tertiary/aromatic N) is 2. The second-order valence-electron chi connectivity index (χ2n) is 4.09. The number of carbonyl (C=O) groups excluding carboxylic acids is 1. The van der Waals surface area contributed by atoms with Crippen molar-refractivity contribution in [2.24, 2.45) is 5.92 Å². The summed E-state index contributed by atoms with van der Waals surface area (Å²) in [6.45, 7) is 0.728. The summed E-state index contributed by atoms with van der Waals surface area (Å²) in [6, 6.07) is 0. The number of hydrogen-bond donors (Lipinski definition) is 2. The van der Waals surface area contributed by atoms with Gasteiger partial charge in [-0.15, -0.1) is 0 Å². The number of thioether (sulfide) groups is 1. The number of anilines is 1. The van der Waals surface area contributed by atoms with E-state index in [1.54, 1.807) is 0 Å². The number of nitrogens with two attached hydrogens (primary N) is 1. The van der Waals surface area contributed by atoms with Crippen LogP contribution < -0.4 is 11.1 Å². The second kappa shape index (κ2) is 5.86. The van der Waals surface area contributed by atoms with Crippen molar-refractivity contribution in [3.8, 4) is 0 Å². The molecule has 0 aliphatic carbocycles. The molecule has 92 valence electrons. The van der Waals surface area contributed by atoms with E-state index in [0.717, 1.165) is 6.54 Å². The number of hydrogen-bond acceptors (Lipinski definition) is 5. The largest absolute Gasteiger partial charge is 0.382 e. The Kier molecular flexibility index (Phi) is 4.19. The average Bonchev–Trinajstić information content (AvgIpc) is 2.38. The fraction of sp³-hybridized carbons (Fsp3) is 0.545. The first-order chi connectivity index (χ1) is 8.25. The van der Waals surface area contributed by atoms with Gasteiger partial charge in [-0.25, -0.2) is 9.97 Å². The number of carbonyl (C=O) groups is 1. The van der Waals surface area contributed by atoms with Crippen LogP contribution in [0.1, 0.15) is 23.3 Å². The molecule has 1 aromatic heterocycles. The van der Waals surface area contributed by atoms with Crippen LogP contribution in [0.3, 0.4) is 0 Å². The minimum absolute atomic E-state index is 0.171. The number of nitrogens with one attached hydrogen (secondary N) is 1. The zero-order valence-corrected chi connectivity index (χ0v) is 10.4. The van der Waals surface area contributed by atoms with E-state index in [9.17, 15) is 4.79 Å². The third-order valence-electron chi connectivity index (χ3n) is 2.80. The molecule has 2 heterocycles. The van der Waals surface area contributed by atoms with Crippen LogP contribution in [0.15, 0.2) is 12.4 Å². The smallest absolute Gasteiger partial charge is 0.271 e. The van der Waals surface area contributed by atoms with Gasteiger partial charge in [-0.1, -0.05) is 0 Å². The molecule has 0 saturated carbocycles. The molecule has 0 atom stereocenters. The monoisotopic (exact) mass is 252 g/mol. The van der Waals surface area contributed by atoms with Crippen molar-refractivity contribution >= 4 is 23.5 Å². The summed E-state index contributed by atoms with van der Waals surface area (Å²) < 4.78 is 0. The van der Waals surface area contributed by atoms with E-state index >= 15 is 0 Å². The van der Waals surface area contributed by atoms with Crippen molar-refractivity contribution in [1.82, 2.24) is 15.3 Å². The third-order valence-corrected chi connectivity index (χ3v) is 3.85. The summed E-state index contributed by atoms with van der Waals surface area (Å²) in [5.41, 5.74) is 5.73. The van der Waals surface area contributed by atoms with Crippen molar-refractivity contribution in [3.63, 3.8) is 0 Å². The first-order valence-electron chi connectivity index (χ1n) is 5.69. The molecule has 0 spiro atoms. The molecule has 0 radical (unpaired) electrons. The van der Waals surface area contributed by atoms with Crippen molar-refractivity contribution in [1.29, 1.82) is 0 Å². The molecule has 1 fully saturated rings. The van der Waals surface area contributed by atoms with E-state index < -0.39 is 0 Å². The number of rotatable bonds is 3. The van der Waals surface area contributed by atoms with Gasteiger partial charge in [-0.3, -0.25) is 4.79 Å². The third kappa shape index (κ3) is 3.59. The van der Waals surface area contributed by atoms with E-state index in [-0.39, 0.29) is 5.91 Å². The topological polar surface area (TPSA) is 80.9 Å². The first-order valence-corrected chi connectivity index (χ1v) is 6.84. The van der Waals surface area contributed by atoms with E-state index in [1.165, 1.54) is 36.7 Å². The van der Waals surface area contributed by atoms with Gasteiger partial charge in [-0.05, 0) is 30.3 Å². The van der Waals surface area contributed by atoms with Crippen LogP contribution in [0.25, 0.3) is 0 Å². The van der Waals surface area contributed by atoms with Crippen LogP contribution in [0.2, 0.25) is 0 Å². The highest BCUT2D eigenvalue weighted by Gasteiger charge is 2.15. The molecule has 3 N–H and O–H groups in total. The maximum atomic E-state index is 11.7. The molecule has 1 saturated heterocycles. The van der Waals surface area contributed by atoms with Crippen LogP contribution in [0, 0.1) is 5.92 Å². The van der Waals surface area contributed by atoms with Crippen molar-refractivity contribution in [3.05, 3.63) is 18.1 Å². The Morgan fingerprint density at radius 3 is 2.82 bits per heavy atom. The Hall–Kier alpha value is -1.30. The van der Waals surface area contributed by atoms with Crippen LogP contribution in [-0.4, -0.2) is 33.9 Å². The molecule has 17 heavy (non-hydrogen) atoms. The van der Waals surface area contributed by atoms with E-state index in [0.29, 0.717) is 17.4 Å². The Bertz CT molecular complexity index is 376. The molecule has 0 unspecified atom stereocenters. The minimum Gasteiger partial charge on any atom is -0.382 e. The Balaban J connectivity index is 1.82.